The monoisotopic (exact) mass is 242 g/mol. The van der Waals surface area contributed by atoms with Gasteiger partial charge in [-0.25, -0.2) is 0 Å². The summed E-state index contributed by atoms with van der Waals surface area (Å²) >= 11 is 0. The van der Waals surface area contributed by atoms with Crippen molar-refractivity contribution in [1.29, 1.82) is 0 Å². The molecule has 1 saturated carbocycles. The SMILES string of the molecule is CC(C(=O)O)N(C)C(C)C(=O)NC1CCCC1. The summed E-state index contributed by atoms with van der Waals surface area (Å²) in [5, 5.41) is 11.9. The number of nitrogens with one attached hydrogen (secondary N) is 1. The fraction of sp³-hybridized carbons (Fsp3) is 0.833. The molecule has 0 heterocycles. The lowest BCUT2D eigenvalue weighted by molar-refractivity contribution is -0.143. The molecule has 1 rings (SSSR count). The van der Waals surface area contributed by atoms with Gasteiger partial charge in [0, 0.05) is 6.04 Å². The second-order valence-corrected chi connectivity index (χ2v) is 4.85. The Hall–Kier alpha value is -1.10. The van der Waals surface area contributed by atoms with Crippen LogP contribution in [0.15, 0.2) is 0 Å². The third-order valence-electron chi connectivity index (χ3n) is 3.66. The van der Waals surface area contributed by atoms with Crippen LogP contribution in [0, 0.1) is 0 Å². The molecule has 0 aromatic heterocycles. The minimum Gasteiger partial charge on any atom is -0.480 e. The van der Waals surface area contributed by atoms with Crippen LogP contribution in [0.4, 0.5) is 0 Å². The summed E-state index contributed by atoms with van der Waals surface area (Å²) in [5.41, 5.74) is 0. The molecule has 2 unspecified atom stereocenters. The number of nitrogens with zero attached hydrogens (tertiary/aromatic N) is 1. The molecule has 0 spiro atoms. The number of carboxylic acid groups (broad SMARTS) is 1. The zero-order chi connectivity index (χ0) is 13.0. The molecule has 1 amide bonds. The molecule has 2 atom stereocenters. The molecular weight excluding hydrogens is 220 g/mol. The number of carbonyl (C=O) groups excluding carboxylic acids is 1. The van der Waals surface area contributed by atoms with Gasteiger partial charge in [0.2, 0.25) is 5.91 Å². The fourth-order valence-electron chi connectivity index (χ4n) is 2.09. The van der Waals surface area contributed by atoms with Gasteiger partial charge in [-0.3, -0.25) is 14.5 Å². The molecule has 1 fully saturated rings. The third-order valence-corrected chi connectivity index (χ3v) is 3.66. The molecule has 0 saturated heterocycles. The summed E-state index contributed by atoms with van der Waals surface area (Å²) in [7, 11) is 1.66. The maximum atomic E-state index is 11.9. The molecule has 17 heavy (non-hydrogen) atoms. The third kappa shape index (κ3) is 3.70. The number of rotatable bonds is 5. The average molecular weight is 242 g/mol. The van der Waals surface area contributed by atoms with Gasteiger partial charge < -0.3 is 10.4 Å². The summed E-state index contributed by atoms with van der Waals surface area (Å²) in [6, 6.07) is -0.792. The van der Waals surface area contributed by atoms with Crippen molar-refractivity contribution >= 4 is 11.9 Å². The van der Waals surface area contributed by atoms with E-state index in [2.05, 4.69) is 5.32 Å². The van der Waals surface area contributed by atoms with Crippen LogP contribution in [0.1, 0.15) is 39.5 Å². The van der Waals surface area contributed by atoms with Crippen LogP contribution in [0.3, 0.4) is 0 Å². The van der Waals surface area contributed by atoms with Crippen molar-refractivity contribution in [2.75, 3.05) is 7.05 Å². The minimum atomic E-state index is -0.909. The standard InChI is InChI=1S/C12H22N2O3/c1-8(14(3)9(2)12(16)17)11(15)13-10-6-4-5-7-10/h8-10H,4-7H2,1-3H3,(H,13,15)(H,16,17). The topological polar surface area (TPSA) is 69.6 Å². The second kappa shape index (κ2) is 6.00. The van der Waals surface area contributed by atoms with Crippen molar-refractivity contribution < 1.29 is 14.7 Å². The van der Waals surface area contributed by atoms with E-state index in [1.807, 2.05) is 0 Å². The summed E-state index contributed by atoms with van der Waals surface area (Å²) in [6.07, 6.45) is 4.41. The van der Waals surface area contributed by atoms with Crippen molar-refractivity contribution in [3.05, 3.63) is 0 Å². The van der Waals surface area contributed by atoms with E-state index in [9.17, 15) is 9.59 Å². The van der Waals surface area contributed by atoms with Crippen LogP contribution in [-0.2, 0) is 9.59 Å². The van der Waals surface area contributed by atoms with Crippen LogP contribution in [0.25, 0.3) is 0 Å². The first-order chi connectivity index (χ1) is 7.93. The number of carboxylic acids is 1. The first-order valence-corrected chi connectivity index (χ1v) is 6.18. The van der Waals surface area contributed by atoms with Crippen molar-refractivity contribution in [3.63, 3.8) is 0 Å². The quantitative estimate of drug-likeness (QED) is 0.749. The van der Waals surface area contributed by atoms with E-state index >= 15 is 0 Å². The van der Waals surface area contributed by atoms with Crippen molar-refractivity contribution in [1.82, 2.24) is 10.2 Å². The van der Waals surface area contributed by atoms with E-state index in [1.54, 1.807) is 25.8 Å². The van der Waals surface area contributed by atoms with E-state index in [1.165, 1.54) is 12.8 Å². The Labute approximate surface area is 102 Å². The van der Waals surface area contributed by atoms with Gasteiger partial charge in [-0.15, -0.1) is 0 Å². The van der Waals surface area contributed by atoms with Crippen LogP contribution in [0.5, 0.6) is 0 Å². The maximum Gasteiger partial charge on any atom is 0.320 e. The molecule has 1 aliphatic carbocycles. The number of hydrogen-bond acceptors (Lipinski definition) is 3. The largest absolute Gasteiger partial charge is 0.480 e. The molecular formula is C12H22N2O3. The Morgan fingerprint density at radius 1 is 1.24 bits per heavy atom. The van der Waals surface area contributed by atoms with E-state index in [-0.39, 0.29) is 11.9 Å². The normalized spacial score (nSPS) is 20.2. The van der Waals surface area contributed by atoms with Gasteiger partial charge in [-0.2, -0.15) is 0 Å². The van der Waals surface area contributed by atoms with E-state index in [0.29, 0.717) is 0 Å². The first-order valence-electron chi connectivity index (χ1n) is 6.18. The van der Waals surface area contributed by atoms with Gasteiger partial charge in [-0.05, 0) is 33.7 Å². The minimum absolute atomic E-state index is 0.0764. The summed E-state index contributed by atoms with van der Waals surface area (Å²) in [5.74, 6) is -0.986. The van der Waals surface area contributed by atoms with Crippen molar-refractivity contribution in [2.45, 2.75) is 57.7 Å². The second-order valence-electron chi connectivity index (χ2n) is 4.85. The van der Waals surface area contributed by atoms with Gasteiger partial charge in [0.05, 0.1) is 6.04 Å². The Morgan fingerprint density at radius 2 is 1.76 bits per heavy atom. The van der Waals surface area contributed by atoms with E-state index in [0.717, 1.165) is 12.8 Å². The fourth-order valence-corrected chi connectivity index (χ4v) is 2.09. The molecule has 5 nitrogen and oxygen atoms in total. The summed E-state index contributed by atoms with van der Waals surface area (Å²) in [6.45, 7) is 3.32. The van der Waals surface area contributed by atoms with Crippen LogP contribution < -0.4 is 5.32 Å². The van der Waals surface area contributed by atoms with Crippen LogP contribution >= 0.6 is 0 Å². The van der Waals surface area contributed by atoms with E-state index in [4.69, 9.17) is 5.11 Å². The summed E-state index contributed by atoms with van der Waals surface area (Å²) < 4.78 is 0. The van der Waals surface area contributed by atoms with Crippen molar-refractivity contribution in [3.8, 4) is 0 Å². The highest BCUT2D eigenvalue weighted by Gasteiger charge is 2.28. The number of hydrogen-bond donors (Lipinski definition) is 2. The average Bonchev–Trinajstić information content (AvgIpc) is 2.78. The molecule has 0 radical (unpaired) electrons. The lowest BCUT2D eigenvalue weighted by Crippen LogP contribution is -2.50. The zero-order valence-corrected chi connectivity index (χ0v) is 10.8. The highest BCUT2D eigenvalue weighted by atomic mass is 16.4. The van der Waals surface area contributed by atoms with Crippen LogP contribution in [-0.4, -0.2) is 47.1 Å². The molecule has 0 aliphatic heterocycles. The number of carbonyl (C=O) groups is 2. The predicted octanol–water partition coefficient (Wildman–Crippen LogP) is 0.839. The van der Waals surface area contributed by atoms with Crippen molar-refractivity contribution in [2.24, 2.45) is 0 Å². The molecule has 1 aliphatic rings. The molecule has 98 valence electrons. The molecule has 5 heteroatoms. The lowest BCUT2D eigenvalue weighted by atomic mass is 10.2. The van der Waals surface area contributed by atoms with Gasteiger partial charge in [0.15, 0.2) is 0 Å². The number of aliphatic carboxylic acids is 1. The summed E-state index contributed by atoms with van der Waals surface area (Å²) in [4.78, 5) is 24.3. The van der Waals surface area contributed by atoms with E-state index < -0.39 is 18.1 Å². The predicted molar refractivity (Wildman–Crippen MR) is 64.7 cm³/mol. The number of likely N-dealkylation sites (N-methyl/N-ethyl adjacent to an activating group) is 1. The number of amides is 1. The molecule has 0 aromatic carbocycles. The lowest BCUT2D eigenvalue weighted by Gasteiger charge is -2.28. The Morgan fingerprint density at radius 3 is 2.24 bits per heavy atom. The van der Waals surface area contributed by atoms with Crippen LogP contribution in [0.2, 0.25) is 0 Å². The van der Waals surface area contributed by atoms with Gasteiger partial charge in [-0.1, -0.05) is 12.8 Å². The Bertz CT molecular complexity index is 287. The smallest absolute Gasteiger partial charge is 0.320 e. The van der Waals surface area contributed by atoms with Gasteiger partial charge in [0.1, 0.15) is 6.04 Å². The molecule has 0 bridgehead atoms. The maximum absolute atomic E-state index is 11.9. The Kier molecular flexibility index (Phi) is 4.93. The zero-order valence-electron chi connectivity index (χ0n) is 10.8. The van der Waals surface area contributed by atoms with Gasteiger partial charge >= 0.3 is 5.97 Å². The van der Waals surface area contributed by atoms with Gasteiger partial charge in [0.25, 0.3) is 0 Å². The highest BCUT2D eigenvalue weighted by Crippen LogP contribution is 2.18. The first kappa shape index (κ1) is 14.0. The molecule has 0 aromatic rings. The molecule has 2 N–H and O–H groups in total. The Balaban J connectivity index is 2.47. The highest BCUT2D eigenvalue weighted by molar-refractivity contribution is 5.82.